The van der Waals surface area contributed by atoms with Crippen LogP contribution < -0.4 is 0 Å². The van der Waals surface area contributed by atoms with Crippen molar-refractivity contribution in [3.05, 3.63) is 70.8 Å². The van der Waals surface area contributed by atoms with E-state index in [0.717, 1.165) is 18.7 Å². The molecule has 118 valence electrons. The molecule has 0 unspecified atom stereocenters. The Hall–Kier alpha value is -1.84. The summed E-state index contributed by atoms with van der Waals surface area (Å²) in [5, 5.41) is 0. The number of rotatable bonds is 1. The number of carbonyl (C=O) groups excluding carboxylic acids is 1. The van der Waals surface area contributed by atoms with E-state index in [1.54, 1.807) is 0 Å². The van der Waals surface area contributed by atoms with E-state index in [-0.39, 0.29) is 11.9 Å². The number of carbonyl (C=O) groups is 1. The summed E-state index contributed by atoms with van der Waals surface area (Å²) in [6.07, 6.45) is 0. The summed E-state index contributed by atoms with van der Waals surface area (Å²) in [6.45, 7) is 4.30. The Morgan fingerprint density at radius 3 is 2.65 bits per heavy atom. The van der Waals surface area contributed by atoms with Gasteiger partial charge in [0.1, 0.15) is 0 Å². The number of nitrogens with zero attached hydrogens (tertiary/aromatic N) is 2. The molecule has 3 nitrogen and oxygen atoms in total. The van der Waals surface area contributed by atoms with Crippen molar-refractivity contribution in [2.24, 2.45) is 0 Å². The number of fused-ring (bicyclic) bond motifs is 3. The Morgan fingerprint density at radius 1 is 1.09 bits per heavy atom. The van der Waals surface area contributed by atoms with E-state index >= 15 is 0 Å². The molecule has 2 aromatic rings. The highest BCUT2D eigenvalue weighted by Gasteiger charge is 2.43. The van der Waals surface area contributed by atoms with Crippen LogP contribution in [-0.2, 0) is 6.54 Å². The molecule has 0 aromatic heterocycles. The van der Waals surface area contributed by atoms with Crippen molar-refractivity contribution in [1.29, 1.82) is 0 Å². The Labute approximate surface area is 141 Å². The van der Waals surface area contributed by atoms with Crippen molar-refractivity contribution in [3.8, 4) is 0 Å². The van der Waals surface area contributed by atoms with Gasteiger partial charge >= 0.3 is 0 Å². The Kier molecular flexibility index (Phi) is 3.63. The van der Waals surface area contributed by atoms with Crippen LogP contribution in [0.1, 0.15) is 33.0 Å². The van der Waals surface area contributed by atoms with Crippen LogP contribution in [-0.4, -0.2) is 34.4 Å². The van der Waals surface area contributed by atoms with Gasteiger partial charge in [-0.2, -0.15) is 0 Å². The summed E-state index contributed by atoms with van der Waals surface area (Å²) in [7, 11) is 0. The fourth-order valence-electron chi connectivity index (χ4n) is 3.91. The summed E-state index contributed by atoms with van der Waals surface area (Å²) >= 11 is 6.30. The van der Waals surface area contributed by atoms with E-state index < -0.39 is 0 Å². The number of halogens is 1. The maximum Gasteiger partial charge on any atom is 0.254 e. The fourth-order valence-corrected chi connectivity index (χ4v) is 4.20. The summed E-state index contributed by atoms with van der Waals surface area (Å²) in [5.74, 6) is 0.394. The molecule has 0 spiro atoms. The quantitative estimate of drug-likeness (QED) is 0.748. The van der Waals surface area contributed by atoms with Gasteiger partial charge in [0.2, 0.25) is 0 Å². The lowest BCUT2D eigenvalue weighted by Gasteiger charge is -2.39. The first kappa shape index (κ1) is 14.7. The number of hydrogen-bond donors (Lipinski definition) is 0. The van der Waals surface area contributed by atoms with Gasteiger partial charge in [-0.3, -0.25) is 4.79 Å². The monoisotopic (exact) mass is 326 g/mol. The van der Waals surface area contributed by atoms with E-state index in [2.05, 4.69) is 25.1 Å². The number of aryl methyl sites for hydroxylation is 1. The normalized spacial score (nSPS) is 23.5. The van der Waals surface area contributed by atoms with Gasteiger partial charge in [-0.1, -0.05) is 36.4 Å². The van der Waals surface area contributed by atoms with E-state index in [1.165, 1.54) is 16.7 Å². The zero-order chi connectivity index (χ0) is 16.0. The third-order valence-corrected chi connectivity index (χ3v) is 5.38. The molecule has 2 heterocycles. The van der Waals surface area contributed by atoms with Crippen molar-refractivity contribution in [2.75, 3.05) is 13.1 Å². The van der Waals surface area contributed by atoms with E-state index in [4.69, 9.17) is 11.8 Å². The Morgan fingerprint density at radius 2 is 1.87 bits per heavy atom. The number of amides is 1. The molecule has 23 heavy (non-hydrogen) atoms. The molecule has 2 aromatic carbocycles. The van der Waals surface area contributed by atoms with Gasteiger partial charge in [0, 0.05) is 31.1 Å². The topological polar surface area (TPSA) is 23.6 Å². The van der Waals surface area contributed by atoms with Crippen molar-refractivity contribution in [3.63, 3.8) is 0 Å². The van der Waals surface area contributed by atoms with Gasteiger partial charge in [-0.05, 0) is 47.5 Å². The summed E-state index contributed by atoms with van der Waals surface area (Å²) in [6, 6.07) is 16.1. The van der Waals surface area contributed by atoms with Gasteiger partial charge in [0.15, 0.2) is 0 Å². The first-order valence-corrected chi connectivity index (χ1v) is 8.34. The predicted molar refractivity (Wildman–Crippen MR) is 91.4 cm³/mol. The second-order valence-corrected chi connectivity index (χ2v) is 6.92. The van der Waals surface area contributed by atoms with E-state index in [0.29, 0.717) is 12.5 Å². The molecular weight excluding hydrogens is 308 g/mol. The van der Waals surface area contributed by atoms with Crippen molar-refractivity contribution in [1.82, 2.24) is 9.32 Å². The van der Waals surface area contributed by atoms with Gasteiger partial charge < -0.3 is 4.90 Å². The molecule has 0 aliphatic carbocycles. The Bertz CT molecular complexity index is 746. The number of hydrogen-bond acceptors (Lipinski definition) is 2. The molecule has 1 amide bonds. The van der Waals surface area contributed by atoms with Crippen LogP contribution in [0.4, 0.5) is 0 Å². The van der Waals surface area contributed by atoms with Crippen LogP contribution >= 0.6 is 11.8 Å². The minimum atomic E-state index is 0.0986. The van der Waals surface area contributed by atoms with Crippen LogP contribution in [0.25, 0.3) is 0 Å². The molecule has 2 atom stereocenters. The highest BCUT2D eigenvalue weighted by atomic mass is 35.5. The van der Waals surface area contributed by atoms with Gasteiger partial charge in [-0.25, -0.2) is 4.42 Å². The molecule has 0 N–H and O–H groups in total. The highest BCUT2D eigenvalue weighted by Crippen LogP contribution is 2.40. The van der Waals surface area contributed by atoms with Gasteiger partial charge in [0.05, 0.1) is 6.04 Å². The molecule has 2 aliphatic heterocycles. The fraction of sp³-hybridized carbons (Fsp3) is 0.316. The predicted octanol–water partition coefficient (Wildman–Crippen LogP) is 3.57. The van der Waals surface area contributed by atoms with Crippen molar-refractivity contribution < 1.29 is 4.79 Å². The zero-order valence-electron chi connectivity index (χ0n) is 13.1. The minimum absolute atomic E-state index is 0.0986. The molecule has 2 aliphatic rings. The lowest BCUT2D eigenvalue weighted by atomic mass is 9.83. The van der Waals surface area contributed by atoms with Crippen molar-refractivity contribution in [2.45, 2.75) is 25.4 Å². The zero-order valence-corrected chi connectivity index (χ0v) is 13.8. The summed E-state index contributed by atoms with van der Waals surface area (Å²) < 4.78 is 1.82. The molecular formula is C19H19ClN2O. The lowest BCUT2D eigenvalue weighted by molar-refractivity contribution is 0.0636. The van der Waals surface area contributed by atoms with Crippen LogP contribution in [0.2, 0.25) is 0 Å². The molecule has 1 saturated heterocycles. The molecule has 1 fully saturated rings. The van der Waals surface area contributed by atoms with Gasteiger partial charge in [0.25, 0.3) is 5.91 Å². The van der Waals surface area contributed by atoms with Gasteiger partial charge in [-0.15, -0.1) is 0 Å². The summed E-state index contributed by atoms with van der Waals surface area (Å²) in [5.41, 5.74) is 4.64. The second-order valence-electron chi connectivity index (χ2n) is 6.44. The molecule has 0 radical (unpaired) electrons. The first-order chi connectivity index (χ1) is 11.1. The Balaban J connectivity index is 1.76. The van der Waals surface area contributed by atoms with Crippen LogP contribution in [0.5, 0.6) is 0 Å². The largest absolute Gasteiger partial charge is 0.329 e. The smallest absolute Gasteiger partial charge is 0.254 e. The van der Waals surface area contributed by atoms with Crippen molar-refractivity contribution >= 4 is 17.7 Å². The molecule has 4 rings (SSSR count). The first-order valence-electron chi connectivity index (χ1n) is 8.00. The molecule has 0 bridgehead atoms. The highest BCUT2D eigenvalue weighted by molar-refractivity contribution is 6.13. The third-order valence-electron chi connectivity index (χ3n) is 5.10. The maximum absolute atomic E-state index is 13.0. The lowest BCUT2D eigenvalue weighted by Crippen LogP contribution is -2.46. The summed E-state index contributed by atoms with van der Waals surface area (Å²) in [4.78, 5) is 15.0. The minimum Gasteiger partial charge on any atom is -0.329 e. The van der Waals surface area contributed by atoms with E-state index in [1.807, 2.05) is 39.7 Å². The van der Waals surface area contributed by atoms with Crippen LogP contribution in [0.15, 0.2) is 48.5 Å². The van der Waals surface area contributed by atoms with E-state index in [9.17, 15) is 4.79 Å². The number of benzene rings is 2. The average molecular weight is 327 g/mol. The molecule has 4 heteroatoms. The third kappa shape index (κ3) is 2.44. The standard InChI is InChI=1S/C19H19ClN2O/c1-13-6-5-9-15-16(13)11-22(18-12-21(20)10-17(15)18)19(23)14-7-3-2-4-8-14/h2-9,17-18H,10-12H2,1H3/t17-,18+/m1/s1. The van der Waals surface area contributed by atoms with Crippen LogP contribution in [0, 0.1) is 6.92 Å². The van der Waals surface area contributed by atoms with Crippen LogP contribution in [0.3, 0.4) is 0 Å². The second kappa shape index (κ2) is 5.66. The molecule has 0 saturated carbocycles. The average Bonchev–Trinajstić information content (AvgIpc) is 2.96. The maximum atomic E-state index is 13.0. The SMILES string of the molecule is Cc1cccc2c1CN(C(=O)c1ccccc1)[C@H]1CN(Cl)C[C@H]21.